The molecule has 0 saturated carbocycles. The fourth-order valence-corrected chi connectivity index (χ4v) is 1.32. The van der Waals surface area contributed by atoms with Crippen LogP contribution in [0.25, 0.3) is 0 Å². The van der Waals surface area contributed by atoms with Crippen LogP contribution in [0, 0.1) is 0 Å². The molecule has 72 valence electrons. The average molecular weight is 202 g/mol. The molecule has 0 aliphatic carbocycles. The van der Waals surface area contributed by atoms with Gasteiger partial charge in [-0.1, -0.05) is 23.7 Å². The summed E-state index contributed by atoms with van der Waals surface area (Å²) in [4.78, 5) is 0. The lowest BCUT2D eigenvalue weighted by Crippen LogP contribution is -2.06. The lowest BCUT2D eigenvalue weighted by molar-refractivity contribution is 0.161. The summed E-state index contributed by atoms with van der Waals surface area (Å²) in [6, 6.07) is 5.58. The number of hydrogen-bond acceptors (Lipinski definition) is 3. The molecule has 0 amide bonds. The van der Waals surface area contributed by atoms with Gasteiger partial charge in [-0.3, -0.25) is 0 Å². The molecule has 0 aliphatic heterocycles. The van der Waals surface area contributed by atoms with Crippen molar-refractivity contribution in [1.29, 1.82) is 0 Å². The second kappa shape index (κ2) is 5.19. The highest BCUT2D eigenvalue weighted by atomic mass is 35.5. The van der Waals surface area contributed by atoms with Gasteiger partial charge in [0.05, 0.1) is 6.61 Å². The SMILES string of the molecule is COCc1ccc(CNO)cc1Cl. The fourth-order valence-electron chi connectivity index (χ4n) is 1.06. The van der Waals surface area contributed by atoms with Gasteiger partial charge in [0.1, 0.15) is 0 Å². The van der Waals surface area contributed by atoms with Gasteiger partial charge in [0, 0.05) is 18.7 Å². The predicted molar refractivity (Wildman–Crippen MR) is 50.8 cm³/mol. The number of hydrogen-bond donors (Lipinski definition) is 2. The number of methoxy groups -OCH3 is 1. The maximum absolute atomic E-state index is 8.47. The van der Waals surface area contributed by atoms with Crippen molar-refractivity contribution in [2.45, 2.75) is 13.2 Å². The van der Waals surface area contributed by atoms with Gasteiger partial charge in [0.2, 0.25) is 0 Å². The van der Waals surface area contributed by atoms with Gasteiger partial charge in [-0.05, 0) is 17.2 Å². The lowest BCUT2D eigenvalue weighted by Gasteiger charge is -2.05. The summed E-state index contributed by atoms with van der Waals surface area (Å²) in [5.41, 5.74) is 3.96. The minimum Gasteiger partial charge on any atom is -0.380 e. The van der Waals surface area contributed by atoms with Crippen molar-refractivity contribution < 1.29 is 9.94 Å². The Morgan fingerprint density at radius 2 is 2.31 bits per heavy atom. The monoisotopic (exact) mass is 201 g/mol. The zero-order valence-corrected chi connectivity index (χ0v) is 8.14. The number of benzene rings is 1. The van der Waals surface area contributed by atoms with Crippen molar-refractivity contribution >= 4 is 11.6 Å². The first-order chi connectivity index (χ1) is 6.27. The Balaban J connectivity index is 2.79. The number of rotatable bonds is 4. The van der Waals surface area contributed by atoms with E-state index in [1.54, 1.807) is 13.2 Å². The number of hydroxylamine groups is 1. The number of ether oxygens (including phenoxy) is 1. The second-order valence-corrected chi connectivity index (χ2v) is 3.10. The Kier molecular flexibility index (Phi) is 4.18. The summed E-state index contributed by atoms with van der Waals surface area (Å²) in [5, 5.41) is 9.13. The lowest BCUT2D eigenvalue weighted by atomic mass is 10.1. The van der Waals surface area contributed by atoms with E-state index in [4.69, 9.17) is 21.5 Å². The van der Waals surface area contributed by atoms with Gasteiger partial charge < -0.3 is 9.94 Å². The van der Waals surface area contributed by atoms with Crippen molar-refractivity contribution in [2.24, 2.45) is 0 Å². The molecule has 13 heavy (non-hydrogen) atoms. The summed E-state index contributed by atoms with van der Waals surface area (Å²) < 4.78 is 4.96. The van der Waals surface area contributed by atoms with E-state index in [9.17, 15) is 0 Å². The molecule has 1 aromatic carbocycles. The highest BCUT2D eigenvalue weighted by Gasteiger charge is 2.00. The van der Waals surface area contributed by atoms with E-state index in [0.29, 0.717) is 18.2 Å². The van der Waals surface area contributed by atoms with Crippen molar-refractivity contribution in [1.82, 2.24) is 5.48 Å². The van der Waals surface area contributed by atoms with Crippen LogP contribution in [0.3, 0.4) is 0 Å². The minimum atomic E-state index is 0.396. The molecule has 3 nitrogen and oxygen atoms in total. The highest BCUT2D eigenvalue weighted by Crippen LogP contribution is 2.18. The molecular weight excluding hydrogens is 190 g/mol. The molecule has 0 heterocycles. The standard InChI is InChI=1S/C9H12ClNO2/c1-13-6-8-3-2-7(5-11-12)4-9(8)10/h2-4,11-12H,5-6H2,1H3. The molecule has 0 unspecified atom stereocenters. The Hall–Kier alpha value is -0.610. The third kappa shape index (κ3) is 2.97. The molecule has 0 fully saturated rings. The number of nitrogens with one attached hydrogen (secondary N) is 1. The van der Waals surface area contributed by atoms with Crippen LogP contribution in [0.5, 0.6) is 0 Å². The summed E-state index contributed by atoms with van der Waals surface area (Å²) in [6.45, 7) is 0.901. The summed E-state index contributed by atoms with van der Waals surface area (Å²) in [6.07, 6.45) is 0. The molecule has 2 N–H and O–H groups in total. The van der Waals surface area contributed by atoms with Crippen LogP contribution in [-0.2, 0) is 17.9 Å². The Morgan fingerprint density at radius 1 is 1.54 bits per heavy atom. The van der Waals surface area contributed by atoms with Crippen LogP contribution in [0.1, 0.15) is 11.1 Å². The molecule has 1 aromatic rings. The van der Waals surface area contributed by atoms with Gasteiger partial charge in [-0.15, -0.1) is 0 Å². The van der Waals surface area contributed by atoms with Crippen LogP contribution in [-0.4, -0.2) is 12.3 Å². The summed E-state index contributed by atoms with van der Waals surface area (Å²) in [7, 11) is 1.62. The molecule has 0 aliphatic rings. The smallest absolute Gasteiger partial charge is 0.0727 e. The van der Waals surface area contributed by atoms with Crippen molar-refractivity contribution in [3.63, 3.8) is 0 Å². The van der Waals surface area contributed by atoms with Gasteiger partial charge >= 0.3 is 0 Å². The van der Waals surface area contributed by atoms with Crippen molar-refractivity contribution in [3.05, 3.63) is 34.3 Å². The van der Waals surface area contributed by atoms with E-state index in [0.717, 1.165) is 11.1 Å². The average Bonchev–Trinajstić information content (AvgIpc) is 2.10. The maximum Gasteiger partial charge on any atom is 0.0727 e. The highest BCUT2D eigenvalue weighted by molar-refractivity contribution is 6.31. The van der Waals surface area contributed by atoms with E-state index < -0.39 is 0 Å². The van der Waals surface area contributed by atoms with Gasteiger partial charge in [-0.25, -0.2) is 5.48 Å². The van der Waals surface area contributed by atoms with E-state index in [2.05, 4.69) is 5.48 Å². The fraction of sp³-hybridized carbons (Fsp3) is 0.333. The largest absolute Gasteiger partial charge is 0.380 e. The first-order valence-electron chi connectivity index (χ1n) is 3.91. The second-order valence-electron chi connectivity index (χ2n) is 2.69. The molecule has 0 aromatic heterocycles. The molecule has 0 spiro atoms. The predicted octanol–water partition coefficient (Wildman–Crippen LogP) is 1.97. The maximum atomic E-state index is 8.47. The summed E-state index contributed by atoms with van der Waals surface area (Å²) >= 11 is 5.95. The van der Waals surface area contributed by atoms with E-state index in [1.165, 1.54) is 0 Å². The quantitative estimate of drug-likeness (QED) is 0.732. The van der Waals surface area contributed by atoms with Crippen LogP contribution in [0.15, 0.2) is 18.2 Å². The normalized spacial score (nSPS) is 10.4. The molecule has 0 radical (unpaired) electrons. The van der Waals surface area contributed by atoms with Gasteiger partial charge in [0.25, 0.3) is 0 Å². The van der Waals surface area contributed by atoms with Crippen molar-refractivity contribution in [2.75, 3.05) is 7.11 Å². The minimum absolute atomic E-state index is 0.396. The Labute approximate surface area is 82.2 Å². The summed E-state index contributed by atoms with van der Waals surface area (Å²) in [5.74, 6) is 0. The molecular formula is C9H12ClNO2. The third-order valence-electron chi connectivity index (χ3n) is 1.70. The van der Waals surface area contributed by atoms with Crippen LogP contribution in [0.4, 0.5) is 0 Å². The first-order valence-corrected chi connectivity index (χ1v) is 4.29. The van der Waals surface area contributed by atoms with E-state index in [1.807, 2.05) is 12.1 Å². The van der Waals surface area contributed by atoms with Crippen LogP contribution >= 0.6 is 11.6 Å². The Bertz CT molecular complexity index is 278. The topological polar surface area (TPSA) is 41.5 Å². The Morgan fingerprint density at radius 3 is 2.85 bits per heavy atom. The zero-order valence-electron chi connectivity index (χ0n) is 7.38. The van der Waals surface area contributed by atoms with Gasteiger partial charge in [0.15, 0.2) is 0 Å². The van der Waals surface area contributed by atoms with Crippen molar-refractivity contribution in [3.8, 4) is 0 Å². The zero-order chi connectivity index (χ0) is 9.68. The molecule has 0 bridgehead atoms. The molecule has 0 atom stereocenters. The molecule has 0 saturated heterocycles. The van der Waals surface area contributed by atoms with Crippen LogP contribution < -0.4 is 5.48 Å². The third-order valence-corrected chi connectivity index (χ3v) is 2.05. The van der Waals surface area contributed by atoms with Crippen LogP contribution in [0.2, 0.25) is 5.02 Å². The molecule has 4 heteroatoms. The van der Waals surface area contributed by atoms with Gasteiger partial charge in [-0.2, -0.15) is 0 Å². The number of halogens is 1. The van der Waals surface area contributed by atoms with E-state index in [-0.39, 0.29) is 0 Å². The first kappa shape index (κ1) is 10.5. The van der Waals surface area contributed by atoms with E-state index >= 15 is 0 Å². The molecule has 1 rings (SSSR count).